The third-order valence-electron chi connectivity index (χ3n) is 5.50. The van der Waals surface area contributed by atoms with Crippen molar-refractivity contribution in [2.45, 2.75) is 0 Å². The zero-order valence-corrected chi connectivity index (χ0v) is 17.1. The number of aromatic nitrogens is 1. The molecule has 5 rings (SSSR count). The van der Waals surface area contributed by atoms with Crippen LogP contribution in [0.5, 0.6) is 0 Å². The summed E-state index contributed by atoms with van der Waals surface area (Å²) in [6, 6.07) is 18.7. The summed E-state index contributed by atoms with van der Waals surface area (Å²) in [6.07, 6.45) is 4.05. The van der Waals surface area contributed by atoms with Gasteiger partial charge >= 0.3 is 0 Å². The molecule has 2 aromatic carbocycles. The highest BCUT2D eigenvalue weighted by Gasteiger charge is 2.28. The minimum absolute atomic E-state index is 0.136. The van der Waals surface area contributed by atoms with Crippen molar-refractivity contribution in [3.05, 3.63) is 71.3 Å². The van der Waals surface area contributed by atoms with Crippen molar-refractivity contribution in [2.24, 2.45) is 12.0 Å². The summed E-state index contributed by atoms with van der Waals surface area (Å²) in [6.45, 7) is 3.60. The van der Waals surface area contributed by atoms with E-state index in [1.54, 1.807) is 0 Å². The fraction of sp³-hybridized carbons (Fsp3) is 0.217. The van der Waals surface area contributed by atoms with E-state index in [4.69, 9.17) is 0 Å². The molecule has 6 heteroatoms. The molecule has 3 heterocycles. The quantitative estimate of drug-likeness (QED) is 0.608. The number of aliphatic imine (C=N–C) groups is 1. The molecular weight excluding hydrogens is 380 g/mol. The van der Waals surface area contributed by atoms with Crippen LogP contribution in [-0.2, 0) is 11.8 Å². The average molecular weight is 403 g/mol. The Bertz CT molecular complexity index is 1120. The van der Waals surface area contributed by atoms with Gasteiger partial charge in [0.05, 0.1) is 4.91 Å². The third kappa shape index (κ3) is 3.44. The maximum Gasteiger partial charge on any atom is 0.286 e. The standard InChI is InChI=1S/C23H22N4OS/c1-25-16-17(19-9-5-6-10-20(19)25)15-21-22(28)24-23(29-21)27-13-11-26(12-14-27)18-7-3-2-4-8-18/h2-10,15-16H,11-14H2,1H3/b21-15-. The van der Waals surface area contributed by atoms with Crippen molar-refractivity contribution < 1.29 is 4.79 Å². The van der Waals surface area contributed by atoms with Crippen LogP contribution in [0.1, 0.15) is 5.56 Å². The van der Waals surface area contributed by atoms with E-state index in [0.717, 1.165) is 47.8 Å². The number of thioether (sulfide) groups is 1. The lowest BCUT2D eigenvalue weighted by molar-refractivity contribution is -0.113. The molecule has 0 unspecified atom stereocenters. The Labute approximate surface area is 174 Å². The SMILES string of the molecule is Cn1cc(/C=C2\SC(N3CCN(c4ccccc4)CC3)=NC2=O)c2ccccc21. The molecule has 0 N–H and O–H groups in total. The molecule has 29 heavy (non-hydrogen) atoms. The van der Waals surface area contributed by atoms with Gasteiger partial charge in [0.2, 0.25) is 0 Å². The summed E-state index contributed by atoms with van der Waals surface area (Å²) in [4.78, 5) is 22.2. The lowest BCUT2D eigenvalue weighted by Crippen LogP contribution is -2.47. The first-order chi connectivity index (χ1) is 14.2. The average Bonchev–Trinajstić information content (AvgIpc) is 3.29. The molecule has 1 fully saturated rings. The van der Waals surface area contributed by atoms with Crippen LogP contribution in [0.3, 0.4) is 0 Å². The number of amidine groups is 1. The van der Waals surface area contributed by atoms with Crippen LogP contribution in [0.15, 0.2) is 70.7 Å². The maximum absolute atomic E-state index is 12.5. The van der Waals surface area contributed by atoms with Gasteiger partial charge < -0.3 is 14.4 Å². The Hall–Kier alpha value is -2.99. The number of nitrogens with zero attached hydrogens (tertiary/aromatic N) is 4. The number of benzene rings is 2. The number of carbonyl (C=O) groups excluding carboxylic acids is 1. The molecule has 146 valence electrons. The fourth-order valence-corrected chi connectivity index (χ4v) is 4.91. The number of hydrogen-bond donors (Lipinski definition) is 0. The number of fused-ring (bicyclic) bond motifs is 1. The number of rotatable bonds is 2. The largest absolute Gasteiger partial charge is 0.368 e. The predicted octanol–water partition coefficient (Wildman–Crippen LogP) is 3.97. The van der Waals surface area contributed by atoms with Crippen LogP contribution in [-0.4, -0.2) is 46.7 Å². The second kappa shape index (κ2) is 7.44. The Morgan fingerprint density at radius 2 is 1.62 bits per heavy atom. The van der Waals surface area contributed by atoms with Crippen molar-refractivity contribution in [2.75, 3.05) is 31.1 Å². The highest BCUT2D eigenvalue weighted by molar-refractivity contribution is 8.18. The Balaban J connectivity index is 1.30. The van der Waals surface area contributed by atoms with Crippen molar-refractivity contribution in [3.63, 3.8) is 0 Å². The highest BCUT2D eigenvalue weighted by Crippen LogP contribution is 2.33. The van der Waals surface area contributed by atoms with E-state index in [1.807, 2.05) is 31.3 Å². The van der Waals surface area contributed by atoms with Crippen LogP contribution in [0, 0.1) is 0 Å². The number of hydrogen-bond acceptors (Lipinski definition) is 4. The van der Waals surface area contributed by atoms with Crippen molar-refractivity contribution >= 4 is 45.5 Å². The Morgan fingerprint density at radius 3 is 2.41 bits per heavy atom. The minimum atomic E-state index is -0.136. The van der Waals surface area contributed by atoms with Gasteiger partial charge in [-0.3, -0.25) is 4.79 Å². The Morgan fingerprint density at radius 1 is 0.931 bits per heavy atom. The predicted molar refractivity (Wildman–Crippen MR) is 121 cm³/mol. The van der Waals surface area contributed by atoms with E-state index in [-0.39, 0.29) is 5.91 Å². The normalized spacial score (nSPS) is 18.7. The van der Waals surface area contributed by atoms with Gasteiger partial charge in [-0.25, -0.2) is 0 Å². The van der Waals surface area contributed by atoms with Gasteiger partial charge in [0.25, 0.3) is 5.91 Å². The summed E-state index contributed by atoms with van der Waals surface area (Å²) < 4.78 is 2.09. The van der Waals surface area contributed by atoms with Gasteiger partial charge in [-0.2, -0.15) is 4.99 Å². The van der Waals surface area contributed by atoms with Crippen LogP contribution < -0.4 is 4.90 Å². The van der Waals surface area contributed by atoms with Crippen molar-refractivity contribution in [1.29, 1.82) is 0 Å². The first-order valence-corrected chi connectivity index (χ1v) is 10.6. The summed E-state index contributed by atoms with van der Waals surface area (Å²) >= 11 is 1.49. The first kappa shape index (κ1) is 18.1. The van der Waals surface area contributed by atoms with Crippen LogP contribution in [0.25, 0.3) is 17.0 Å². The first-order valence-electron chi connectivity index (χ1n) is 9.80. The number of amides is 1. The van der Waals surface area contributed by atoms with E-state index < -0.39 is 0 Å². The molecule has 1 aromatic heterocycles. The maximum atomic E-state index is 12.5. The molecule has 2 aliphatic rings. The van der Waals surface area contributed by atoms with E-state index >= 15 is 0 Å². The van der Waals surface area contributed by atoms with Gasteiger partial charge in [0.1, 0.15) is 0 Å². The molecular formula is C23H22N4OS. The molecule has 1 saturated heterocycles. The van der Waals surface area contributed by atoms with E-state index in [9.17, 15) is 4.79 Å². The minimum Gasteiger partial charge on any atom is -0.368 e. The molecule has 0 saturated carbocycles. The smallest absolute Gasteiger partial charge is 0.286 e. The van der Waals surface area contributed by atoms with Crippen LogP contribution >= 0.6 is 11.8 Å². The molecule has 0 bridgehead atoms. The molecule has 0 atom stereocenters. The van der Waals surface area contributed by atoms with Crippen LogP contribution in [0.2, 0.25) is 0 Å². The zero-order valence-electron chi connectivity index (χ0n) is 16.3. The molecule has 0 spiro atoms. The molecule has 1 amide bonds. The molecule has 5 nitrogen and oxygen atoms in total. The lowest BCUT2D eigenvalue weighted by Gasteiger charge is -2.36. The lowest BCUT2D eigenvalue weighted by atomic mass is 10.1. The van der Waals surface area contributed by atoms with E-state index in [0.29, 0.717) is 4.91 Å². The van der Waals surface area contributed by atoms with Gasteiger partial charge in [-0.1, -0.05) is 36.4 Å². The van der Waals surface area contributed by atoms with Gasteiger partial charge in [0.15, 0.2) is 5.17 Å². The van der Waals surface area contributed by atoms with Gasteiger partial charge in [-0.15, -0.1) is 0 Å². The van der Waals surface area contributed by atoms with Gasteiger partial charge in [-0.05, 0) is 36.0 Å². The topological polar surface area (TPSA) is 40.8 Å². The highest BCUT2D eigenvalue weighted by atomic mass is 32.2. The number of piperazine rings is 1. The summed E-state index contributed by atoms with van der Waals surface area (Å²) in [7, 11) is 2.03. The summed E-state index contributed by atoms with van der Waals surface area (Å²) in [5.41, 5.74) is 3.47. The Kier molecular flexibility index (Phi) is 4.64. The second-order valence-electron chi connectivity index (χ2n) is 7.33. The fourth-order valence-electron chi connectivity index (χ4n) is 3.96. The van der Waals surface area contributed by atoms with E-state index in [1.165, 1.54) is 17.4 Å². The molecule has 2 aliphatic heterocycles. The zero-order chi connectivity index (χ0) is 19.8. The number of para-hydroxylation sites is 2. The monoisotopic (exact) mass is 402 g/mol. The van der Waals surface area contributed by atoms with Gasteiger partial charge in [0, 0.05) is 61.6 Å². The van der Waals surface area contributed by atoms with Crippen LogP contribution in [0.4, 0.5) is 5.69 Å². The summed E-state index contributed by atoms with van der Waals surface area (Å²) in [5, 5.41) is 1.98. The molecule has 0 aliphatic carbocycles. The second-order valence-corrected chi connectivity index (χ2v) is 8.34. The molecule has 3 aromatic rings. The van der Waals surface area contributed by atoms with Crippen molar-refractivity contribution in [1.82, 2.24) is 9.47 Å². The summed E-state index contributed by atoms with van der Waals surface area (Å²) in [5.74, 6) is -0.136. The third-order valence-corrected chi connectivity index (χ3v) is 6.54. The number of anilines is 1. The number of carbonyl (C=O) groups is 1. The van der Waals surface area contributed by atoms with E-state index in [2.05, 4.69) is 62.0 Å². The number of aryl methyl sites for hydroxylation is 1. The van der Waals surface area contributed by atoms with Crippen molar-refractivity contribution in [3.8, 4) is 0 Å². The molecule has 0 radical (unpaired) electrons.